The van der Waals surface area contributed by atoms with Gasteiger partial charge in [-0.2, -0.15) is 0 Å². The molecule has 0 fully saturated rings. The second kappa shape index (κ2) is 7.71. The molecule has 3 aromatic carbocycles. The highest BCUT2D eigenvalue weighted by atomic mass is 16.5. The van der Waals surface area contributed by atoms with Gasteiger partial charge in [0.25, 0.3) is 0 Å². The van der Waals surface area contributed by atoms with E-state index in [-0.39, 0.29) is 0 Å². The third kappa shape index (κ3) is 3.52. The van der Waals surface area contributed by atoms with Gasteiger partial charge in [0.15, 0.2) is 0 Å². The van der Waals surface area contributed by atoms with E-state index in [1.807, 2.05) is 12.1 Å². The lowest BCUT2D eigenvalue weighted by atomic mass is 9.69. The second-order valence-corrected chi connectivity index (χ2v) is 8.10. The van der Waals surface area contributed by atoms with Gasteiger partial charge in [-0.3, -0.25) is 0 Å². The molecule has 2 heteroatoms. The Kier molecular flexibility index (Phi) is 5.13. The van der Waals surface area contributed by atoms with E-state index >= 15 is 0 Å². The van der Waals surface area contributed by atoms with Gasteiger partial charge in [-0.1, -0.05) is 56.3 Å². The Morgan fingerprint density at radius 2 is 1.57 bits per heavy atom. The molecule has 0 aliphatic heterocycles. The van der Waals surface area contributed by atoms with Crippen LogP contribution < -0.4 is 4.74 Å². The standard InChI is InChI=1S/C26H28O2/c1-17(2)18-4-6-20(7-5-18)26-24(19-8-12-23(28-3)13-9-19)14-10-21-16-22(27)11-15-25(21)26/h4-9,11-13,15-17,24,26-27H,10,14H2,1-3H3/t24-,26+/m1/s1. The zero-order valence-corrected chi connectivity index (χ0v) is 16.9. The van der Waals surface area contributed by atoms with Crippen molar-refractivity contribution < 1.29 is 9.84 Å². The summed E-state index contributed by atoms with van der Waals surface area (Å²) in [5.41, 5.74) is 6.66. The van der Waals surface area contributed by atoms with Crippen molar-refractivity contribution in [3.8, 4) is 11.5 Å². The third-order valence-corrected chi connectivity index (χ3v) is 6.09. The highest BCUT2D eigenvalue weighted by Crippen LogP contribution is 2.47. The molecule has 2 atom stereocenters. The maximum atomic E-state index is 9.97. The molecular weight excluding hydrogens is 344 g/mol. The van der Waals surface area contributed by atoms with Crippen LogP contribution in [0.2, 0.25) is 0 Å². The molecule has 0 aromatic heterocycles. The maximum absolute atomic E-state index is 9.97. The fraction of sp³-hybridized carbons (Fsp3) is 0.308. The summed E-state index contributed by atoms with van der Waals surface area (Å²) < 4.78 is 5.35. The molecule has 0 amide bonds. The molecule has 0 bridgehead atoms. The Morgan fingerprint density at radius 3 is 2.21 bits per heavy atom. The van der Waals surface area contributed by atoms with Crippen molar-refractivity contribution >= 4 is 0 Å². The lowest BCUT2D eigenvalue weighted by Gasteiger charge is -2.35. The molecule has 144 valence electrons. The first-order chi connectivity index (χ1) is 13.6. The Morgan fingerprint density at radius 1 is 0.893 bits per heavy atom. The van der Waals surface area contributed by atoms with E-state index in [1.165, 1.54) is 27.8 Å². The molecule has 0 unspecified atom stereocenters. The summed E-state index contributed by atoms with van der Waals surface area (Å²) in [6.07, 6.45) is 2.06. The number of phenols is 1. The van der Waals surface area contributed by atoms with Crippen LogP contribution in [-0.4, -0.2) is 12.2 Å². The van der Waals surface area contributed by atoms with E-state index in [2.05, 4.69) is 68.4 Å². The molecule has 0 spiro atoms. The molecule has 1 aliphatic carbocycles. The first-order valence-corrected chi connectivity index (χ1v) is 10.1. The number of benzene rings is 3. The number of phenolic OH excluding ortho intramolecular Hbond substituents is 1. The Balaban J connectivity index is 1.79. The van der Waals surface area contributed by atoms with E-state index in [1.54, 1.807) is 7.11 Å². The topological polar surface area (TPSA) is 29.5 Å². The minimum Gasteiger partial charge on any atom is -0.508 e. The molecule has 2 nitrogen and oxygen atoms in total. The first-order valence-electron chi connectivity index (χ1n) is 10.1. The smallest absolute Gasteiger partial charge is 0.118 e. The molecule has 0 heterocycles. The van der Waals surface area contributed by atoms with Crippen molar-refractivity contribution in [3.05, 3.63) is 94.5 Å². The average Bonchev–Trinajstić information content (AvgIpc) is 2.73. The minimum absolute atomic E-state index is 0.291. The Bertz CT molecular complexity index is 939. The number of rotatable bonds is 4. The van der Waals surface area contributed by atoms with Crippen LogP contribution in [0.1, 0.15) is 65.8 Å². The van der Waals surface area contributed by atoms with Crippen LogP contribution in [0.5, 0.6) is 11.5 Å². The molecular formula is C26H28O2. The van der Waals surface area contributed by atoms with Gasteiger partial charge in [-0.25, -0.2) is 0 Å². The first kappa shape index (κ1) is 18.6. The van der Waals surface area contributed by atoms with Crippen LogP contribution in [0.3, 0.4) is 0 Å². The number of hydrogen-bond acceptors (Lipinski definition) is 2. The maximum Gasteiger partial charge on any atom is 0.118 e. The minimum atomic E-state index is 0.291. The Labute approximate surface area is 167 Å². The summed E-state index contributed by atoms with van der Waals surface area (Å²) in [7, 11) is 1.71. The monoisotopic (exact) mass is 372 g/mol. The fourth-order valence-corrected chi connectivity index (χ4v) is 4.52. The number of hydrogen-bond donors (Lipinski definition) is 1. The second-order valence-electron chi connectivity index (χ2n) is 8.10. The van der Waals surface area contributed by atoms with Crippen molar-refractivity contribution in [3.63, 3.8) is 0 Å². The summed E-state index contributed by atoms with van der Waals surface area (Å²) in [5, 5.41) is 9.97. The molecule has 28 heavy (non-hydrogen) atoms. The van der Waals surface area contributed by atoms with Crippen LogP contribution in [0.4, 0.5) is 0 Å². The van der Waals surface area contributed by atoms with Crippen LogP contribution >= 0.6 is 0 Å². The van der Waals surface area contributed by atoms with Crippen LogP contribution in [0, 0.1) is 0 Å². The number of aromatic hydroxyl groups is 1. The molecule has 0 saturated carbocycles. The summed E-state index contributed by atoms with van der Waals surface area (Å²) in [5.74, 6) is 2.48. The highest BCUT2D eigenvalue weighted by Gasteiger charge is 2.32. The lowest BCUT2D eigenvalue weighted by Crippen LogP contribution is -2.20. The molecule has 4 rings (SSSR count). The fourth-order valence-electron chi connectivity index (χ4n) is 4.52. The molecule has 3 aromatic rings. The van der Waals surface area contributed by atoms with Gasteiger partial charge in [0, 0.05) is 5.92 Å². The van der Waals surface area contributed by atoms with Gasteiger partial charge in [0.2, 0.25) is 0 Å². The predicted octanol–water partition coefficient (Wildman–Crippen LogP) is 6.39. The lowest BCUT2D eigenvalue weighted by molar-refractivity contribution is 0.414. The zero-order valence-electron chi connectivity index (χ0n) is 16.9. The third-order valence-electron chi connectivity index (χ3n) is 6.09. The average molecular weight is 373 g/mol. The molecule has 0 saturated heterocycles. The molecule has 0 radical (unpaired) electrons. The van der Waals surface area contributed by atoms with Crippen LogP contribution in [0.15, 0.2) is 66.7 Å². The summed E-state index contributed by atoms with van der Waals surface area (Å²) in [4.78, 5) is 0. The van der Waals surface area contributed by atoms with Gasteiger partial charge in [0.05, 0.1) is 7.11 Å². The molecule has 1 N–H and O–H groups in total. The highest BCUT2D eigenvalue weighted by molar-refractivity contribution is 5.48. The van der Waals surface area contributed by atoms with Crippen molar-refractivity contribution in [1.82, 2.24) is 0 Å². The SMILES string of the molecule is COc1ccc([C@H]2CCc3cc(O)ccc3[C@H]2c2ccc(C(C)C)cc2)cc1. The number of aryl methyl sites for hydroxylation is 1. The predicted molar refractivity (Wildman–Crippen MR) is 115 cm³/mol. The van der Waals surface area contributed by atoms with Crippen molar-refractivity contribution in [2.45, 2.75) is 44.4 Å². The van der Waals surface area contributed by atoms with Gasteiger partial charge in [0.1, 0.15) is 11.5 Å². The van der Waals surface area contributed by atoms with Crippen molar-refractivity contribution in [2.24, 2.45) is 0 Å². The summed E-state index contributed by atoms with van der Waals surface area (Å²) in [6.45, 7) is 4.46. The van der Waals surface area contributed by atoms with E-state index in [4.69, 9.17) is 4.74 Å². The quantitative estimate of drug-likeness (QED) is 0.575. The van der Waals surface area contributed by atoms with Gasteiger partial charge >= 0.3 is 0 Å². The van der Waals surface area contributed by atoms with Gasteiger partial charge < -0.3 is 9.84 Å². The number of fused-ring (bicyclic) bond motifs is 1. The molecule has 1 aliphatic rings. The summed E-state index contributed by atoms with van der Waals surface area (Å²) >= 11 is 0. The normalized spacial score (nSPS) is 18.7. The van der Waals surface area contributed by atoms with E-state index in [0.29, 0.717) is 23.5 Å². The van der Waals surface area contributed by atoms with Crippen LogP contribution in [-0.2, 0) is 6.42 Å². The largest absolute Gasteiger partial charge is 0.508 e. The van der Waals surface area contributed by atoms with E-state index in [0.717, 1.165) is 18.6 Å². The van der Waals surface area contributed by atoms with Crippen LogP contribution in [0.25, 0.3) is 0 Å². The van der Waals surface area contributed by atoms with Gasteiger partial charge in [-0.15, -0.1) is 0 Å². The van der Waals surface area contributed by atoms with Crippen molar-refractivity contribution in [2.75, 3.05) is 7.11 Å². The zero-order chi connectivity index (χ0) is 19.7. The number of methoxy groups -OCH3 is 1. The van der Waals surface area contributed by atoms with E-state index in [9.17, 15) is 5.11 Å². The van der Waals surface area contributed by atoms with Crippen molar-refractivity contribution in [1.29, 1.82) is 0 Å². The number of ether oxygens (including phenoxy) is 1. The summed E-state index contributed by atoms with van der Waals surface area (Å²) in [6, 6.07) is 23.5. The Hall–Kier alpha value is -2.74. The van der Waals surface area contributed by atoms with E-state index < -0.39 is 0 Å². The van der Waals surface area contributed by atoms with Gasteiger partial charge in [-0.05, 0) is 76.8 Å².